The summed E-state index contributed by atoms with van der Waals surface area (Å²) in [6.45, 7) is 5.82. The molecule has 0 spiro atoms. The Morgan fingerprint density at radius 1 is 1.00 bits per heavy atom. The summed E-state index contributed by atoms with van der Waals surface area (Å²) in [5.74, 6) is 0.620. The van der Waals surface area contributed by atoms with Gasteiger partial charge in [0, 0.05) is 32.6 Å². The van der Waals surface area contributed by atoms with E-state index in [1.807, 2.05) is 30.3 Å². The van der Waals surface area contributed by atoms with Gasteiger partial charge in [-0.2, -0.15) is 4.31 Å². The van der Waals surface area contributed by atoms with Gasteiger partial charge < -0.3 is 4.90 Å². The van der Waals surface area contributed by atoms with E-state index in [4.69, 9.17) is 0 Å². The highest BCUT2D eigenvalue weighted by atomic mass is 32.2. The molecule has 0 N–H and O–H groups in total. The Bertz CT molecular complexity index is 885. The van der Waals surface area contributed by atoms with Crippen LogP contribution in [0.15, 0.2) is 47.4 Å². The van der Waals surface area contributed by atoms with Gasteiger partial charge >= 0.3 is 0 Å². The molecule has 1 aliphatic heterocycles. The molecule has 0 unspecified atom stereocenters. The van der Waals surface area contributed by atoms with Crippen molar-refractivity contribution in [2.75, 3.05) is 26.2 Å². The van der Waals surface area contributed by atoms with E-state index in [1.54, 1.807) is 17.0 Å². The van der Waals surface area contributed by atoms with Crippen molar-refractivity contribution in [3.8, 4) is 0 Å². The molecule has 0 radical (unpaired) electrons. The van der Waals surface area contributed by atoms with Gasteiger partial charge in [0.05, 0.1) is 4.90 Å². The van der Waals surface area contributed by atoms with Gasteiger partial charge in [0.2, 0.25) is 15.9 Å². The van der Waals surface area contributed by atoms with Crippen LogP contribution in [0.4, 0.5) is 0 Å². The van der Waals surface area contributed by atoms with Crippen LogP contribution in [0.1, 0.15) is 26.7 Å². The van der Waals surface area contributed by atoms with E-state index < -0.39 is 10.0 Å². The topological polar surface area (TPSA) is 57.7 Å². The van der Waals surface area contributed by atoms with E-state index >= 15 is 0 Å². The number of piperazine rings is 1. The number of hydrogen-bond donors (Lipinski definition) is 0. The number of fused-ring (bicyclic) bond motifs is 1. The summed E-state index contributed by atoms with van der Waals surface area (Å²) in [4.78, 5) is 14.3. The Hall–Kier alpha value is -1.92. The summed E-state index contributed by atoms with van der Waals surface area (Å²) in [6.07, 6.45) is 1.41. The number of sulfonamides is 1. The summed E-state index contributed by atoms with van der Waals surface area (Å²) in [5.41, 5.74) is 0. The van der Waals surface area contributed by atoms with E-state index in [0.717, 1.165) is 17.2 Å². The molecule has 6 heteroatoms. The molecule has 5 nitrogen and oxygen atoms in total. The van der Waals surface area contributed by atoms with Crippen LogP contribution in [0, 0.1) is 5.92 Å². The average molecular weight is 375 g/mol. The van der Waals surface area contributed by atoms with E-state index in [0.29, 0.717) is 43.4 Å². The minimum absolute atomic E-state index is 0.126. The Kier molecular flexibility index (Phi) is 5.63. The summed E-state index contributed by atoms with van der Waals surface area (Å²) >= 11 is 0. The first-order chi connectivity index (χ1) is 12.4. The van der Waals surface area contributed by atoms with Crippen LogP contribution in [0.3, 0.4) is 0 Å². The Balaban J connectivity index is 1.68. The number of rotatable bonds is 5. The molecule has 2 aromatic carbocycles. The van der Waals surface area contributed by atoms with Gasteiger partial charge in [-0.05, 0) is 35.2 Å². The molecule has 0 aliphatic carbocycles. The maximum Gasteiger partial charge on any atom is 0.243 e. The minimum Gasteiger partial charge on any atom is -0.340 e. The third-order valence-corrected chi connectivity index (χ3v) is 6.78. The van der Waals surface area contributed by atoms with Crippen molar-refractivity contribution in [2.45, 2.75) is 31.6 Å². The van der Waals surface area contributed by atoms with Crippen molar-refractivity contribution in [3.63, 3.8) is 0 Å². The predicted molar refractivity (Wildman–Crippen MR) is 103 cm³/mol. The fourth-order valence-corrected chi connectivity index (χ4v) is 4.68. The number of nitrogens with zero attached hydrogens (tertiary/aromatic N) is 2. The smallest absolute Gasteiger partial charge is 0.243 e. The normalized spacial score (nSPS) is 16.3. The second-order valence-corrected chi connectivity index (χ2v) is 9.16. The molecule has 0 saturated carbocycles. The van der Waals surface area contributed by atoms with Crippen LogP contribution in [0.25, 0.3) is 10.8 Å². The lowest BCUT2D eigenvalue weighted by molar-refractivity contribution is -0.132. The predicted octanol–water partition coefficient (Wildman–Crippen LogP) is 3.11. The summed E-state index contributed by atoms with van der Waals surface area (Å²) in [6, 6.07) is 13.0. The second kappa shape index (κ2) is 7.76. The van der Waals surface area contributed by atoms with E-state index in [9.17, 15) is 13.2 Å². The van der Waals surface area contributed by atoms with Crippen LogP contribution in [0.2, 0.25) is 0 Å². The van der Waals surface area contributed by atoms with Crippen molar-refractivity contribution in [1.29, 1.82) is 0 Å². The van der Waals surface area contributed by atoms with Gasteiger partial charge in [-0.25, -0.2) is 8.42 Å². The lowest BCUT2D eigenvalue weighted by atomic mass is 10.1. The molecular weight excluding hydrogens is 348 g/mol. The molecule has 1 aliphatic rings. The molecular formula is C20H26N2O3S. The number of carbonyl (C=O) groups excluding carboxylic acids is 1. The van der Waals surface area contributed by atoms with Crippen LogP contribution >= 0.6 is 0 Å². The number of carbonyl (C=O) groups is 1. The van der Waals surface area contributed by atoms with Gasteiger partial charge in [-0.15, -0.1) is 0 Å². The standard InChI is InChI=1S/C20H26N2O3S/c1-16(2)7-10-20(23)21-11-13-22(14-12-21)26(24,25)19-9-8-17-5-3-4-6-18(17)15-19/h3-6,8-9,15-16H,7,10-14H2,1-2H3. The fraction of sp³-hybridized carbons (Fsp3) is 0.450. The highest BCUT2D eigenvalue weighted by Gasteiger charge is 2.30. The molecule has 0 bridgehead atoms. The molecule has 3 rings (SSSR count). The molecule has 1 heterocycles. The van der Waals surface area contributed by atoms with Gasteiger partial charge in [-0.3, -0.25) is 4.79 Å². The molecule has 1 saturated heterocycles. The first-order valence-corrected chi connectivity index (χ1v) is 10.6. The monoisotopic (exact) mass is 374 g/mol. The quantitative estimate of drug-likeness (QED) is 0.808. The largest absolute Gasteiger partial charge is 0.340 e. The molecule has 0 aromatic heterocycles. The fourth-order valence-electron chi connectivity index (χ4n) is 3.23. The van der Waals surface area contributed by atoms with Crippen LogP contribution < -0.4 is 0 Å². The van der Waals surface area contributed by atoms with Gasteiger partial charge in [-0.1, -0.05) is 44.2 Å². The van der Waals surface area contributed by atoms with Gasteiger partial charge in [0.15, 0.2) is 0 Å². The van der Waals surface area contributed by atoms with Crippen LogP contribution in [-0.2, 0) is 14.8 Å². The van der Waals surface area contributed by atoms with E-state index in [-0.39, 0.29) is 5.91 Å². The first kappa shape index (κ1) is 18.9. The summed E-state index contributed by atoms with van der Waals surface area (Å²) in [5, 5.41) is 1.93. The molecule has 1 fully saturated rings. The molecule has 2 aromatic rings. The van der Waals surface area contributed by atoms with E-state index in [1.165, 1.54) is 4.31 Å². The summed E-state index contributed by atoms with van der Waals surface area (Å²) < 4.78 is 27.4. The third kappa shape index (κ3) is 4.07. The molecule has 140 valence electrons. The van der Waals surface area contributed by atoms with Crippen molar-refractivity contribution in [2.24, 2.45) is 5.92 Å². The molecule has 0 atom stereocenters. The average Bonchev–Trinajstić information content (AvgIpc) is 2.65. The zero-order valence-electron chi connectivity index (χ0n) is 15.4. The number of benzene rings is 2. The molecule has 1 amide bonds. The Morgan fingerprint density at radius 2 is 1.65 bits per heavy atom. The second-order valence-electron chi connectivity index (χ2n) is 7.23. The lowest BCUT2D eigenvalue weighted by Gasteiger charge is -2.34. The summed E-state index contributed by atoms with van der Waals surface area (Å²) in [7, 11) is -3.53. The van der Waals surface area contributed by atoms with Crippen molar-refractivity contribution in [1.82, 2.24) is 9.21 Å². The maximum absolute atomic E-state index is 12.9. The third-order valence-electron chi connectivity index (χ3n) is 4.89. The minimum atomic E-state index is -3.53. The van der Waals surface area contributed by atoms with Gasteiger partial charge in [0.1, 0.15) is 0 Å². The number of hydrogen-bond acceptors (Lipinski definition) is 3. The van der Waals surface area contributed by atoms with Crippen molar-refractivity contribution < 1.29 is 13.2 Å². The molecule has 26 heavy (non-hydrogen) atoms. The van der Waals surface area contributed by atoms with E-state index in [2.05, 4.69) is 13.8 Å². The van der Waals surface area contributed by atoms with Crippen molar-refractivity contribution >= 4 is 26.7 Å². The van der Waals surface area contributed by atoms with Crippen molar-refractivity contribution in [3.05, 3.63) is 42.5 Å². The SMILES string of the molecule is CC(C)CCC(=O)N1CCN(S(=O)(=O)c2ccc3ccccc3c2)CC1. The van der Waals surface area contributed by atoms with Crippen LogP contribution in [-0.4, -0.2) is 49.7 Å². The first-order valence-electron chi connectivity index (χ1n) is 9.14. The highest BCUT2D eigenvalue weighted by molar-refractivity contribution is 7.89. The Labute approximate surface area is 155 Å². The van der Waals surface area contributed by atoms with Crippen LogP contribution in [0.5, 0.6) is 0 Å². The zero-order chi connectivity index (χ0) is 18.7. The highest BCUT2D eigenvalue weighted by Crippen LogP contribution is 2.23. The Morgan fingerprint density at radius 3 is 2.31 bits per heavy atom. The lowest BCUT2D eigenvalue weighted by Crippen LogP contribution is -2.50. The zero-order valence-corrected chi connectivity index (χ0v) is 16.2. The number of amides is 1. The maximum atomic E-state index is 12.9. The van der Waals surface area contributed by atoms with Gasteiger partial charge in [0.25, 0.3) is 0 Å².